The van der Waals surface area contributed by atoms with Gasteiger partial charge in [-0.25, -0.2) is 0 Å². The quantitative estimate of drug-likeness (QED) is 0.462. The minimum atomic E-state index is 0.769. The van der Waals surface area contributed by atoms with Crippen LogP contribution in [0.25, 0.3) is 0 Å². The van der Waals surface area contributed by atoms with E-state index in [0.717, 1.165) is 11.6 Å². The van der Waals surface area contributed by atoms with Crippen molar-refractivity contribution < 1.29 is 4.42 Å². The molecular weight excluding hydrogens is 128 g/mol. The van der Waals surface area contributed by atoms with Gasteiger partial charge in [0.2, 0.25) is 0 Å². The molecule has 0 aliphatic heterocycles. The Morgan fingerprint density at radius 2 is 2.50 bits per heavy atom. The van der Waals surface area contributed by atoms with Crippen LogP contribution in [0.2, 0.25) is 0 Å². The van der Waals surface area contributed by atoms with Crippen LogP contribution in [-0.2, 0) is 0 Å². The predicted molar refractivity (Wildman–Crippen MR) is 40.2 cm³/mol. The van der Waals surface area contributed by atoms with Gasteiger partial charge >= 0.3 is 0 Å². The third-order valence-corrected chi connectivity index (χ3v) is 1.21. The Balaban J connectivity index is 2.85. The maximum atomic E-state index is 5.08. The summed E-state index contributed by atoms with van der Waals surface area (Å²) < 4.78 is 5.08. The molecule has 1 aromatic rings. The number of furan rings is 1. The average Bonchev–Trinajstić information content (AvgIpc) is 2.43. The highest BCUT2D eigenvalue weighted by Gasteiger charge is 1.99. The summed E-state index contributed by atoms with van der Waals surface area (Å²) >= 11 is 0. The van der Waals surface area contributed by atoms with Crippen LogP contribution >= 0.6 is 0 Å². The van der Waals surface area contributed by atoms with E-state index in [-0.39, 0.29) is 0 Å². The molecule has 1 aromatic heterocycles. The van der Waals surface area contributed by atoms with Gasteiger partial charge in [0.1, 0.15) is 0 Å². The lowest BCUT2D eigenvalue weighted by Gasteiger charge is -1.97. The van der Waals surface area contributed by atoms with Gasteiger partial charge in [0.25, 0.3) is 0 Å². The number of nitrogens with one attached hydrogen (secondary N) is 1. The monoisotopic (exact) mass is 138 g/mol. The fourth-order valence-electron chi connectivity index (χ4n) is 0.758. The first-order valence-corrected chi connectivity index (χ1v) is 3.07. The topological polar surface area (TPSA) is 37.5 Å². The fourth-order valence-corrected chi connectivity index (χ4v) is 0.758. The van der Waals surface area contributed by atoms with Crippen LogP contribution in [-0.4, -0.2) is 19.9 Å². The molecular formula is C7H10N2O. The van der Waals surface area contributed by atoms with Crippen LogP contribution in [0, 0.1) is 0 Å². The summed E-state index contributed by atoms with van der Waals surface area (Å²) in [6, 6.07) is 3.69. The molecule has 3 nitrogen and oxygen atoms in total. The first kappa shape index (κ1) is 6.86. The molecule has 0 spiro atoms. The van der Waals surface area contributed by atoms with Crippen molar-refractivity contribution in [2.75, 3.05) is 14.1 Å². The molecule has 0 aliphatic carbocycles. The molecule has 10 heavy (non-hydrogen) atoms. The summed E-state index contributed by atoms with van der Waals surface area (Å²) in [5.74, 6) is 1.54. The van der Waals surface area contributed by atoms with E-state index in [9.17, 15) is 0 Å². The zero-order chi connectivity index (χ0) is 7.40. The standard InChI is InChI=1S/C7H10N2O/c1-8-7(9-2)6-4-3-5-10-6/h3-5H,1-2H3,(H,8,9). The Morgan fingerprint density at radius 1 is 1.70 bits per heavy atom. The summed E-state index contributed by atoms with van der Waals surface area (Å²) in [7, 11) is 3.53. The van der Waals surface area contributed by atoms with E-state index in [2.05, 4.69) is 10.3 Å². The van der Waals surface area contributed by atoms with Crippen molar-refractivity contribution in [1.29, 1.82) is 0 Å². The lowest BCUT2D eigenvalue weighted by molar-refractivity contribution is 0.554. The van der Waals surface area contributed by atoms with Gasteiger partial charge in [-0.2, -0.15) is 0 Å². The van der Waals surface area contributed by atoms with Crippen molar-refractivity contribution >= 4 is 5.84 Å². The number of hydrogen-bond acceptors (Lipinski definition) is 2. The first-order chi connectivity index (χ1) is 4.88. The van der Waals surface area contributed by atoms with E-state index in [1.165, 1.54) is 0 Å². The molecule has 3 heteroatoms. The van der Waals surface area contributed by atoms with Crippen molar-refractivity contribution in [3.05, 3.63) is 24.2 Å². The summed E-state index contributed by atoms with van der Waals surface area (Å²) in [4.78, 5) is 3.96. The van der Waals surface area contributed by atoms with Gasteiger partial charge < -0.3 is 9.73 Å². The summed E-state index contributed by atoms with van der Waals surface area (Å²) in [5, 5.41) is 2.91. The van der Waals surface area contributed by atoms with E-state index >= 15 is 0 Å². The molecule has 0 bridgehead atoms. The highest BCUT2D eigenvalue weighted by atomic mass is 16.3. The zero-order valence-electron chi connectivity index (χ0n) is 6.09. The molecule has 0 aromatic carbocycles. The zero-order valence-corrected chi connectivity index (χ0v) is 6.09. The minimum Gasteiger partial charge on any atom is -0.461 e. The Kier molecular flexibility index (Phi) is 2.10. The number of rotatable bonds is 1. The van der Waals surface area contributed by atoms with E-state index in [1.54, 1.807) is 13.3 Å². The Labute approximate surface area is 59.8 Å². The maximum absolute atomic E-state index is 5.08. The van der Waals surface area contributed by atoms with Crippen molar-refractivity contribution in [1.82, 2.24) is 5.32 Å². The third-order valence-electron chi connectivity index (χ3n) is 1.21. The van der Waals surface area contributed by atoms with Crippen LogP contribution in [0.15, 0.2) is 27.8 Å². The van der Waals surface area contributed by atoms with E-state index in [1.807, 2.05) is 19.2 Å². The van der Waals surface area contributed by atoms with E-state index in [4.69, 9.17) is 4.42 Å². The molecule has 0 saturated carbocycles. The lowest BCUT2D eigenvalue weighted by atomic mass is 10.4. The number of amidine groups is 1. The van der Waals surface area contributed by atoms with E-state index in [0.29, 0.717) is 0 Å². The van der Waals surface area contributed by atoms with Crippen LogP contribution in [0.4, 0.5) is 0 Å². The second-order valence-corrected chi connectivity index (χ2v) is 1.80. The highest BCUT2D eigenvalue weighted by Crippen LogP contribution is 1.99. The van der Waals surface area contributed by atoms with Crippen LogP contribution in [0.5, 0.6) is 0 Å². The van der Waals surface area contributed by atoms with Crippen LogP contribution in [0.1, 0.15) is 5.76 Å². The van der Waals surface area contributed by atoms with E-state index < -0.39 is 0 Å². The minimum absolute atomic E-state index is 0.769. The molecule has 0 aliphatic rings. The molecule has 0 radical (unpaired) electrons. The molecule has 1 N–H and O–H groups in total. The number of nitrogens with zero attached hydrogens (tertiary/aromatic N) is 1. The van der Waals surface area contributed by atoms with Gasteiger partial charge in [-0.3, -0.25) is 4.99 Å². The van der Waals surface area contributed by atoms with Crippen LogP contribution < -0.4 is 5.32 Å². The molecule has 0 amide bonds. The molecule has 1 heterocycles. The van der Waals surface area contributed by atoms with Crippen molar-refractivity contribution in [3.8, 4) is 0 Å². The highest BCUT2D eigenvalue weighted by molar-refractivity contribution is 5.95. The molecule has 54 valence electrons. The molecule has 0 saturated heterocycles. The number of aliphatic imine (C=N–C) groups is 1. The largest absolute Gasteiger partial charge is 0.461 e. The predicted octanol–water partition coefficient (Wildman–Crippen LogP) is 0.875. The smallest absolute Gasteiger partial charge is 0.168 e. The summed E-state index contributed by atoms with van der Waals surface area (Å²) in [6.07, 6.45) is 1.62. The Bertz CT molecular complexity index is 214. The Morgan fingerprint density at radius 3 is 2.90 bits per heavy atom. The third kappa shape index (κ3) is 1.18. The van der Waals surface area contributed by atoms with Gasteiger partial charge in [0, 0.05) is 14.1 Å². The summed E-state index contributed by atoms with van der Waals surface area (Å²) in [6.45, 7) is 0. The lowest BCUT2D eigenvalue weighted by Crippen LogP contribution is -2.18. The fraction of sp³-hybridized carbons (Fsp3) is 0.286. The van der Waals surface area contributed by atoms with Crippen molar-refractivity contribution in [3.63, 3.8) is 0 Å². The Hall–Kier alpha value is -1.25. The average molecular weight is 138 g/mol. The normalized spacial score (nSPS) is 11.6. The second kappa shape index (κ2) is 3.06. The summed E-state index contributed by atoms with van der Waals surface area (Å²) in [5.41, 5.74) is 0. The molecule has 0 fully saturated rings. The van der Waals surface area contributed by atoms with Crippen LogP contribution in [0.3, 0.4) is 0 Å². The molecule has 0 atom stereocenters. The van der Waals surface area contributed by atoms with Crippen molar-refractivity contribution in [2.24, 2.45) is 4.99 Å². The van der Waals surface area contributed by atoms with Gasteiger partial charge in [-0.05, 0) is 12.1 Å². The molecule has 0 unspecified atom stereocenters. The first-order valence-electron chi connectivity index (χ1n) is 3.07. The van der Waals surface area contributed by atoms with Gasteiger partial charge in [-0.15, -0.1) is 0 Å². The second-order valence-electron chi connectivity index (χ2n) is 1.80. The maximum Gasteiger partial charge on any atom is 0.168 e. The van der Waals surface area contributed by atoms with Gasteiger partial charge in [0.15, 0.2) is 11.6 Å². The SMILES string of the molecule is CN=C(NC)c1ccco1. The molecule has 1 rings (SSSR count). The van der Waals surface area contributed by atoms with Gasteiger partial charge in [0.05, 0.1) is 6.26 Å². The van der Waals surface area contributed by atoms with Crippen molar-refractivity contribution in [2.45, 2.75) is 0 Å². The van der Waals surface area contributed by atoms with Gasteiger partial charge in [-0.1, -0.05) is 0 Å². The number of hydrogen-bond donors (Lipinski definition) is 1.